The average Bonchev–Trinajstić information content (AvgIpc) is 2.80. The lowest BCUT2D eigenvalue weighted by Crippen LogP contribution is -2.23. The average molecular weight is 420 g/mol. The first-order valence-corrected chi connectivity index (χ1v) is 10.3. The molecule has 0 unspecified atom stereocenters. The summed E-state index contributed by atoms with van der Waals surface area (Å²) in [5, 5.41) is 18.1. The van der Waals surface area contributed by atoms with Crippen molar-refractivity contribution in [1.82, 2.24) is 15.0 Å². The predicted octanol–water partition coefficient (Wildman–Crippen LogP) is 4.94. The van der Waals surface area contributed by atoms with E-state index >= 15 is 0 Å². The second-order valence-corrected chi connectivity index (χ2v) is 7.45. The molecule has 9 nitrogen and oxygen atoms in total. The Morgan fingerprint density at radius 1 is 1.13 bits per heavy atom. The first-order valence-electron chi connectivity index (χ1n) is 10.3. The molecule has 2 heterocycles. The van der Waals surface area contributed by atoms with E-state index in [0.717, 1.165) is 18.4 Å². The highest BCUT2D eigenvalue weighted by molar-refractivity contribution is 5.72. The zero-order valence-corrected chi connectivity index (χ0v) is 17.2. The van der Waals surface area contributed by atoms with Crippen LogP contribution in [0.2, 0.25) is 0 Å². The Labute approximate surface area is 180 Å². The summed E-state index contributed by atoms with van der Waals surface area (Å²) < 4.78 is 5.12. The summed E-state index contributed by atoms with van der Waals surface area (Å²) in [6.45, 7) is 0. The highest BCUT2D eigenvalue weighted by Crippen LogP contribution is 2.32. The molecule has 1 aliphatic carbocycles. The van der Waals surface area contributed by atoms with Gasteiger partial charge in [0.2, 0.25) is 5.95 Å². The highest BCUT2D eigenvalue weighted by atomic mass is 16.6. The molecule has 0 saturated heterocycles. The summed E-state index contributed by atoms with van der Waals surface area (Å²) in [6, 6.07) is 10.5. The fraction of sp³-hybridized carbons (Fsp3) is 0.318. The number of methoxy groups -OCH3 is 1. The Hall–Kier alpha value is -3.75. The van der Waals surface area contributed by atoms with Gasteiger partial charge in [-0.15, -0.1) is 0 Å². The first kappa shape index (κ1) is 20.5. The molecule has 1 aliphatic rings. The quantitative estimate of drug-likeness (QED) is 0.408. The van der Waals surface area contributed by atoms with Crippen molar-refractivity contribution in [3.05, 3.63) is 58.9 Å². The van der Waals surface area contributed by atoms with Crippen LogP contribution in [0.5, 0.6) is 5.75 Å². The van der Waals surface area contributed by atoms with Crippen LogP contribution in [-0.2, 0) is 0 Å². The van der Waals surface area contributed by atoms with E-state index in [-0.39, 0.29) is 5.69 Å². The molecule has 9 heteroatoms. The normalized spacial score (nSPS) is 14.1. The number of pyridine rings is 1. The van der Waals surface area contributed by atoms with Crippen molar-refractivity contribution in [3.8, 4) is 17.0 Å². The molecule has 0 radical (unpaired) electrons. The van der Waals surface area contributed by atoms with Crippen LogP contribution >= 0.6 is 0 Å². The van der Waals surface area contributed by atoms with Crippen LogP contribution in [0.15, 0.2) is 48.8 Å². The first-order chi connectivity index (χ1) is 15.1. The number of benzene rings is 1. The third kappa shape index (κ3) is 5.06. The minimum Gasteiger partial charge on any atom is -0.496 e. The van der Waals surface area contributed by atoms with Crippen LogP contribution in [0.3, 0.4) is 0 Å². The Bertz CT molecular complexity index is 1050. The van der Waals surface area contributed by atoms with Crippen molar-refractivity contribution in [2.24, 2.45) is 0 Å². The maximum absolute atomic E-state index is 11.6. The van der Waals surface area contributed by atoms with Gasteiger partial charge in [0, 0.05) is 30.1 Å². The van der Waals surface area contributed by atoms with E-state index in [4.69, 9.17) is 4.74 Å². The van der Waals surface area contributed by atoms with Crippen molar-refractivity contribution < 1.29 is 9.66 Å². The molecule has 1 fully saturated rings. The molecule has 1 aromatic carbocycles. The van der Waals surface area contributed by atoms with Crippen molar-refractivity contribution in [2.45, 2.75) is 38.1 Å². The zero-order chi connectivity index (χ0) is 21.6. The van der Waals surface area contributed by atoms with Gasteiger partial charge in [0.25, 0.3) is 5.69 Å². The van der Waals surface area contributed by atoms with Gasteiger partial charge in [-0.3, -0.25) is 15.1 Å². The third-order valence-corrected chi connectivity index (χ3v) is 5.29. The van der Waals surface area contributed by atoms with Crippen LogP contribution in [0.4, 0.5) is 23.1 Å². The van der Waals surface area contributed by atoms with Gasteiger partial charge < -0.3 is 15.4 Å². The maximum Gasteiger partial charge on any atom is 0.296 e. The topological polar surface area (TPSA) is 115 Å². The number of ether oxygens (including phenoxy) is 1. The number of hydrogen-bond donors (Lipinski definition) is 2. The second kappa shape index (κ2) is 9.38. The number of anilines is 3. The minimum absolute atomic E-state index is 0.0947. The molecule has 0 spiro atoms. The Kier molecular flexibility index (Phi) is 6.21. The number of aromatic nitrogens is 3. The van der Waals surface area contributed by atoms with E-state index in [2.05, 4.69) is 25.6 Å². The van der Waals surface area contributed by atoms with Gasteiger partial charge in [0.1, 0.15) is 17.3 Å². The summed E-state index contributed by atoms with van der Waals surface area (Å²) in [5.41, 5.74) is 1.75. The van der Waals surface area contributed by atoms with Crippen molar-refractivity contribution in [1.29, 1.82) is 0 Å². The molecule has 0 atom stereocenters. The summed E-state index contributed by atoms with van der Waals surface area (Å²) in [7, 11) is 1.47. The largest absolute Gasteiger partial charge is 0.496 e. The number of nitrogens with one attached hydrogen (secondary N) is 2. The number of nitro groups is 1. The van der Waals surface area contributed by atoms with Crippen LogP contribution < -0.4 is 15.4 Å². The maximum atomic E-state index is 11.6. The minimum atomic E-state index is -0.449. The Morgan fingerprint density at radius 2 is 1.97 bits per heavy atom. The van der Waals surface area contributed by atoms with Crippen molar-refractivity contribution in [3.63, 3.8) is 0 Å². The van der Waals surface area contributed by atoms with Gasteiger partial charge in [-0.2, -0.15) is 4.98 Å². The predicted molar refractivity (Wildman–Crippen MR) is 119 cm³/mol. The molecule has 31 heavy (non-hydrogen) atoms. The zero-order valence-electron chi connectivity index (χ0n) is 17.2. The third-order valence-electron chi connectivity index (χ3n) is 5.29. The molecule has 0 bridgehead atoms. The number of rotatable bonds is 7. The van der Waals surface area contributed by atoms with Gasteiger partial charge in [-0.1, -0.05) is 19.3 Å². The molecule has 0 aliphatic heterocycles. The van der Waals surface area contributed by atoms with E-state index in [0.29, 0.717) is 34.9 Å². The molecule has 1 saturated carbocycles. The monoisotopic (exact) mass is 420 g/mol. The Morgan fingerprint density at radius 3 is 2.68 bits per heavy atom. The van der Waals surface area contributed by atoms with E-state index < -0.39 is 4.92 Å². The van der Waals surface area contributed by atoms with E-state index in [9.17, 15) is 10.1 Å². The lowest BCUT2D eigenvalue weighted by atomic mass is 9.96. The van der Waals surface area contributed by atoms with Gasteiger partial charge >= 0.3 is 0 Å². The number of hydrogen-bond acceptors (Lipinski definition) is 8. The van der Waals surface area contributed by atoms with Gasteiger partial charge in [0.15, 0.2) is 0 Å². The van der Waals surface area contributed by atoms with E-state index in [1.54, 1.807) is 30.6 Å². The molecule has 2 aromatic heterocycles. The standard InChI is InChI=1S/C22H24N6O3/c1-31-17-9-10-18(20(12-17)28(29)30)25-21-13-19(15-6-5-11-23-14-15)26-22(27-21)24-16-7-3-2-4-8-16/h5-6,9-14,16H,2-4,7-8H2,1H3,(H2,24,25,26,27). The fourth-order valence-corrected chi connectivity index (χ4v) is 3.70. The summed E-state index contributed by atoms with van der Waals surface area (Å²) in [5.74, 6) is 1.36. The van der Waals surface area contributed by atoms with Crippen LogP contribution in [0.1, 0.15) is 32.1 Å². The SMILES string of the molecule is COc1ccc(Nc2cc(-c3cccnc3)nc(NC3CCCCC3)n2)c([N+](=O)[O-])c1. The lowest BCUT2D eigenvalue weighted by Gasteiger charge is -2.23. The van der Waals surface area contributed by atoms with E-state index in [1.165, 1.54) is 32.4 Å². The molecule has 160 valence electrons. The van der Waals surface area contributed by atoms with Gasteiger partial charge in [-0.05, 0) is 37.1 Å². The van der Waals surface area contributed by atoms with Crippen LogP contribution in [0.25, 0.3) is 11.3 Å². The number of nitrogens with zero attached hydrogens (tertiary/aromatic N) is 4. The highest BCUT2D eigenvalue weighted by Gasteiger charge is 2.18. The molecular formula is C22H24N6O3. The van der Waals surface area contributed by atoms with Crippen molar-refractivity contribution in [2.75, 3.05) is 17.7 Å². The molecular weight excluding hydrogens is 396 g/mol. The van der Waals surface area contributed by atoms with E-state index in [1.807, 2.05) is 12.1 Å². The molecule has 2 N–H and O–H groups in total. The van der Waals surface area contributed by atoms with Gasteiger partial charge in [-0.25, -0.2) is 4.98 Å². The van der Waals surface area contributed by atoms with Crippen molar-refractivity contribution >= 4 is 23.1 Å². The molecule has 4 rings (SSSR count). The van der Waals surface area contributed by atoms with Gasteiger partial charge in [0.05, 0.1) is 23.8 Å². The summed E-state index contributed by atoms with van der Waals surface area (Å²) in [6.07, 6.45) is 9.20. The smallest absolute Gasteiger partial charge is 0.296 e. The molecule has 0 amide bonds. The lowest BCUT2D eigenvalue weighted by molar-refractivity contribution is -0.384. The van der Waals surface area contributed by atoms with Crippen LogP contribution in [0, 0.1) is 10.1 Å². The number of nitro benzene ring substituents is 1. The molecule has 3 aromatic rings. The summed E-state index contributed by atoms with van der Waals surface area (Å²) >= 11 is 0. The Balaban J connectivity index is 1.69. The van der Waals surface area contributed by atoms with Crippen LogP contribution in [-0.4, -0.2) is 33.0 Å². The fourth-order valence-electron chi connectivity index (χ4n) is 3.70. The second-order valence-electron chi connectivity index (χ2n) is 7.45. The summed E-state index contributed by atoms with van der Waals surface area (Å²) in [4.78, 5) is 24.5.